The zero-order chi connectivity index (χ0) is 14.7. The number of benzene rings is 1. The van der Waals surface area contributed by atoms with Gasteiger partial charge in [0.05, 0.1) is 13.7 Å². The third kappa shape index (κ3) is 2.99. The second kappa shape index (κ2) is 5.77. The molecule has 1 aromatic heterocycles. The van der Waals surface area contributed by atoms with Crippen LogP contribution in [-0.2, 0) is 11.3 Å². The van der Waals surface area contributed by atoms with E-state index in [1.165, 1.54) is 19.2 Å². The molecule has 0 saturated carbocycles. The molecule has 0 N–H and O–H groups in total. The quantitative estimate of drug-likeness (QED) is 0.805. The molecule has 0 aliphatic heterocycles. The first kappa shape index (κ1) is 14.1. The van der Waals surface area contributed by atoms with E-state index in [1.807, 2.05) is 11.9 Å². The lowest BCUT2D eigenvalue weighted by molar-refractivity contribution is 0.0599. The summed E-state index contributed by atoms with van der Waals surface area (Å²) in [6, 6.07) is 7.85. The highest BCUT2D eigenvalue weighted by molar-refractivity contribution is 5.90. The van der Waals surface area contributed by atoms with E-state index in [0.29, 0.717) is 23.6 Å². The number of furan rings is 1. The first-order valence-corrected chi connectivity index (χ1v) is 6.15. The van der Waals surface area contributed by atoms with E-state index >= 15 is 0 Å². The number of methoxy groups -OCH3 is 1. The molecule has 0 aliphatic rings. The molecule has 0 saturated heterocycles. The van der Waals surface area contributed by atoms with Gasteiger partial charge in [-0.05, 0) is 37.3 Å². The van der Waals surface area contributed by atoms with Gasteiger partial charge in [-0.15, -0.1) is 0 Å². The highest BCUT2D eigenvalue weighted by atomic mass is 19.1. The molecule has 4 nitrogen and oxygen atoms in total. The fourth-order valence-corrected chi connectivity index (χ4v) is 1.95. The van der Waals surface area contributed by atoms with Gasteiger partial charge in [-0.25, -0.2) is 9.18 Å². The third-order valence-electron chi connectivity index (χ3n) is 3.03. The second-order valence-corrected chi connectivity index (χ2v) is 4.51. The maximum absolute atomic E-state index is 12.9. The number of hydrogen-bond acceptors (Lipinski definition) is 4. The van der Waals surface area contributed by atoms with Gasteiger partial charge >= 0.3 is 5.97 Å². The number of nitrogens with zero attached hydrogens (tertiary/aromatic N) is 1. The Balaban J connectivity index is 2.13. The van der Waals surface area contributed by atoms with Crippen LogP contribution >= 0.6 is 0 Å². The molecule has 0 atom stereocenters. The average molecular weight is 277 g/mol. The molecule has 106 valence electrons. The van der Waals surface area contributed by atoms with Crippen LogP contribution in [-0.4, -0.2) is 20.1 Å². The van der Waals surface area contributed by atoms with E-state index in [9.17, 15) is 9.18 Å². The summed E-state index contributed by atoms with van der Waals surface area (Å²) in [7, 11) is 3.20. The molecule has 0 unspecified atom stereocenters. The average Bonchev–Trinajstić information content (AvgIpc) is 2.79. The summed E-state index contributed by atoms with van der Waals surface area (Å²) in [5.41, 5.74) is 1.29. The standard InChI is InChI=1S/C15H16FNO3/c1-10-14(15(18)19-3)8-13(20-10)9-17(2)12-6-4-11(16)5-7-12/h4-8H,9H2,1-3H3. The van der Waals surface area contributed by atoms with Crippen LogP contribution in [0.2, 0.25) is 0 Å². The summed E-state index contributed by atoms with van der Waals surface area (Å²) in [5.74, 6) is 0.486. The molecule has 1 heterocycles. The topological polar surface area (TPSA) is 42.7 Å². The molecule has 2 rings (SSSR count). The molecule has 20 heavy (non-hydrogen) atoms. The van der Waals surface area contributed by atoms with Crippen LogP contribution in [0.25, 0.3) is 0 Å². The number of carbonyl (C=O) groups excluding carboxylic acids is 1. The molecule has 0 bridgehead atoms. The summed E-state index contributed by atoms with van der Waals surface area (Å²) in [5, 5.41) is 0. The van der Waals surface area contributed by atoms with E-state index in [-0.39, 0.29) is 5.82 Å². The van der Waals surface area contributed by atoms with Gasteiger partial charge in [-0.1, -0.05) is 0 Å². The fraction of sp³-hybridized carbons (Fsp3) is 0.267. The van der Waals surface area contributed by atoms with E-state index in [2.05, 4.69) is 4.74 Å². The van der Waals surface area contributed by atoms with Gasteiger partial charge in [0.15, 0.2) is 0 Å². The summed E-state index contributed by atoms with van der Waals surface area (Å²) < 4.78 is 23.1. The Kier molecular flexibility index (Phi) is 4.08. The number of ether oxygens (including phenoxy) is 1. The zero-order valence-electron chi connectivity index (χ0n) is 11.6. The number of halogens is 1. The Labute approximate surface area is 116 Å². The van der Waals surface area contributed by atoms with Gasteiger partial charge in [0, 0.05) is 12.7 Å². The van der Waals surface area contributed by atoms with Gasteiger partial charge in [0.25, 0.3) is 0 Å². The largest absolute Gasteiger partial charge is 0.465 e. The van der Waals surface area contributed by atoms with Crippen molar-refractivity contribution in [2.45, 2.75) is 13.5 Å². The SMILES string of the molecule is COC(=O)c1cc(CN(C)c2ccc(F)cc2)oc1C. The Hall–Kier alpha value is -2.30. The van der Waals surface area contributed by atoms with Crippen LogP contribution in [0.3, 0.4) is 0 Å². The van der Waals surface area contributed by atoms with E-state index < -0.39 is 5.97 Å². The Morgan fingerprint density at radius 1 is 1.35 bits per heavy atom. The van der Waals surface area contributed by atoms with Crippen molar-refractivity contribution in [1.29, 1.82) is 0 Å². The number of anilines is 1. The minimum atomic E-state index is -0.415. The Bertz CT molecular complexity index is 604. The van der Waals surface area contributed by atoms with E-state index in [1.54, 1.807) is 25.1 Å². The van der Waals surface area contributed by atoms with E-state index in [0.717, 1.165) is 5.69 Å². The predicted molar refractivity (Wildman–Crippen MR) is 73.3 cm³/mol. The normalized spacial score (nSPS) is 10.4. The van der Waals surface area contributed by atoms with Crippen molar-refractivity contribution in [3.8, 4) is 0 Å². The number of esters is 1. The van der Waals surface area contributed by atoms with Crippen LogP contribution in [0.4, 0.5) is 10.1 Å². The number of carbonyl (C=O) groups is 1. The predicted octanol–water partition coefficient (Wildman–Crippen LogP) is 3.15. The minimum absolute atomic E-state index is 0.274. The third-order valence-corrected chi connectivity index (χ3v) is 3.03. The fourth-order valence-electron chi connectivity index (χ4n) is 1.95. The molecule has 0 fully saturated rings. The second-order valence-electron chi connectivity index (χ2n) is 4.51. The van der Waals surface area contributed by atoms with Crippen molar-refractivity contribution in [1.82, 2.24) is 0 Å². The smallest absolute Gasteiger partial charge is 0.341 e. The lowest BCUT2D eigenvalue weighted by Crippen LogP contribution is -2.15. The molecule has 2 aromatic rings. The van der Waals surface area contributed by atoms with Gasteiger partial charge in [-0.3, -0.25) is 0 Å². The molecule has 1 aromatic carbocycles. The van der Waals surface area contributed by atoms with Crippen LogP contribution in [0.1, 0.15) is 21.9 Å². The van der Waals surface area contributed by atoms with Crippen LogP contribution in [0.5, 0.6) is 0 Å². The maximum atomic E-state index is 12.9. The number of aryl methyl sites for hydroxylation is 1. The molecule has 0 amide bonds. The van der Waals surface area contributed by atoms with Crippen molar-refractivity contribution >= 4 is 11.7 Å². The number of hydrogen-bond donors (Lipinski definition) is 0. The Morgan fingerprint density at radius 3 is 2.60 bits per heavy atom. The molecule has 0 radical (unpaired) electrons. The van der Waals surface area contributed by atoms with Gasteiger partial charge in [0.1, 0.15) is 22.9 Å². The maximum Gasteiger partial charge on any atom is 0.341 e. The van der Waals surface area contributed by atoms with Crippen molar-refractivity contribution in [3.05, 3.63) is 53.2 Å². The van der Waals surface area contributed by atoms with E-state index in [4.69, 9.17) is 4.42 Å². The first-order chi connectivity index (χ1) is 9.51. The van der Waals surface area contributed by atoms with Crippen LogP contribution in [0.15, 0.2) is 34.7 Å². The van der Waals surface area contributed by atoms with Crippen LogP contribution < -0.4 is 4.90 Å². The van der Waals surface area contributed by atoms with Crippen LogP contribution in [0, 0.1) is 12.7 Å². The van der Waals surface area contributed by atoms with Crippen molar-refractivity contribution in [2.24, 2.45) is 0 Å². The first-order valence-electron chi connectivity index (χ1n) is 6.15. The zero-order valence-corrected chi connectivity index (χ0v) is 11.6. The highest BCUT2D eigenvalue weighted by Crippen LogP contribution is 2.20. The monoisotopic (exact) mass is 277 g/mol. The summed E-state index contributed by atoms with van der Waals surface area (Å²) in [6.07, 6.45) is 0. The molecular weight excluding hydrogens is 261 g/mol. The van der Waals surface area contributed by atoms with Crippen molar-refractivity contribution < 1.29 is 18.3 Å². The molecule has 0 spiro atoms. The summed E-state index contributed by atoms with van der Waals surface area (Å²) >= 11 is 0. The van der Waals surface area contributed by atoms with Gasteiger partial charge in [0.2, 0.25) is 0 Å². The minimum Gasteiger partial charge on any atom is -0.465 e. The van der Waals surface area contributed by atoms with Gasteiger partial charge in [-0.2, -0.15) is 0 Å². The molecule has 0 aliphatic carbocycles. The number of rotatable bonds is 4. The molecule has 5 heteroatoms. The summed E-state index contributed by atoms with van der Waals surface area (Å²) in [6.45, 7) is 2.19. The Morgan fingerprint density at radius 2 is 2.00 bits per heavy atom. The lowest BCUT2D eigenvalue weighted by atomic mass is 10.2. The van der Waals surface area contributed by atoms with Crippen molar-refractivity contribution in [2.75, 3.05) is 19.1 Å². The summed E-state index contributed by atoms with van der Waals surface area (Å²) in [4.78, 5) is 13.4. The van der Waals surface area contributed by atoms with Gasteiger partial charge < -0.3 is 14.1 Å². The highest BCUT2D eigenvalue weighted by Gasteiger charge is 2.16. The lowest BCUT2D eigenvalue weighted by Gasteiger charge is -2.17. The molecular formula is C15H16FNO3. The van der Waals surface area contributed by atoms with Crippen molar-refractivity contribution in [3.63, 3.8) is 0 Å².